The van der Waals surface area contributed by atoms with Crippen LogP contribution in [0.3, 0.4) is 0 Å². The lowest BCUT2D eigenvalue weighted by atomic mass is 9.88. The van der Waals surface area contributed by atoms with E-state index in [-0.39, 0.29) is 54.0 Å². The van der Waals surface area contributed by atoms with E-state index in [1.54, 1.807) is 0 Å². The molecule has 1 aromatic rings. The Morgan fingerprint density at radius 3 is 2.69 bits per heavy atom. The zero-order valence-electron chi connectivity index (χ0n) is 16.9. The van der Waals surface area contributed by atoms with Crippen LogP contribution in [0.2, 0.25) is 0 Å². The molecule has 3 rings (SSSR count). The van der Waals surface area contributed by atoms with Crippen LogP contribution < -0.4 is 10.6 Å². The van der Waals surface area contributed by atoms with Crippen LogP contribution in [0.5, 0.6) is 0 Å². The predicted octanol–water partition coefficient (Wildman–Crippen LogP) is 3.82. The van der Waals surface area contributed by atoms with Gasteiger partial charge in [-0.05, 0) is 44.4 Å². The number of nitrogens with one attached hydrogen (secondary N) is 2. The lowest BCUT2D eigenvalue weighted by Crippen LogP contribution is -2.45. The van der Waals surface area contributed by atoms with Gasteiger partial charge in [-0.25, -0.2) is 13.8 Å². The Hall–Kier alpha value is -1.45. The van der Waals surface area contributed by atoms with Crippen molar-refractivity contribution >= 4 is 35.8 Å². The highest BCUT2D eigenvalue weighted by molar-refractivity contribution is 14.0. The van der Waals surface area contributed by atoms with E-state index in [0.717, 1.165) is 50.8 Å². The minimum absolute atomic E-state index is 0. The van der Waals surface area contributed by atoms with E-state index >= 15 is 0 Å². The van der Waals surface area contributed by atoms with Crippen molar-refractivity contribution < 1.29 is 13.6 Å². The molecule has 0 bridgehead atoms. The molecule has 1 aliphatic heterocycles. The first-order chi connectivity index (χ1) is 13.6. The fraction of sp³-hybridized carbons (Fsp3) is 0.619. The minimum Gasteiger partial charge on any atom is -0.357 e. The summed E-state index contributed by atoms with van der Waals surface area (Å²) in [7, 11) is 0. The van der Waals surface area contributed by atoms with Gasteiger partial charge in [-0.15, -0.1) is 24.0 Å². The number of hydrogen-bond donors (Lipinski definition) is 2. The van der Waals surface area contributed by atoms with Gasteiger partial charge in [0.25, 0.3) is 0 Å². The summed E-state index contributed by atoms with van der Waals surface area (Å²) < 4.78 is 27.1. The van der Waals surface area contributed by atoms with Gasteiger partial charge >= 0.3 is 0 Å². The van der Waals surface area contributed by atoms with Crippen LogP contribution in [-0.2, 0) is 11.3 Å². The van der Waals surface area contributed by atoms with Gasteiger partial charge in [0.1, 0.15) is 11.6 Å². The number of carbonyl (C=O) groups excluding carboxylic acids is 1. The van der Waals surface area contributed by atoms with Gasteiger partial charge < -0.3 is 15.5 Å². The third-order valence-corrected chi connectivity index (χ3v) is 5.55. The number of benzene rings is 1. The molecule has 2 aliphatic rings. The van der Waals surface area contributed by atoms with Gasteiger partial charge in [-0.3, -0.25) is 4.79 Å². The molecule has 0 aromatic heterocycles. The highest BCUT2D eigenvalue weighted by atomic mass is 127. The Morgan fingerprint density at radius 2 is 1.97 bits per heavy atom. The van der Waals surface area contributed by atoms with Crippen molar-refractivity contribution in [2.75, 3.05) is 19.6 Å². The Morgan fingerprint density at radius 1 is 1.21 bits per heavy atom. The Labute approximate surface area is 188 Å². The molecule has 2 N–H and O–H groups in total. The zero-order valence-corrected chi connectivity index (χ0v) is 19.3. The normalized spacial score (nSPS) is 20.3. The largest absolute Gasteiger partial charge is 0.357 e. The molecule has 8 heteroatoms. The zero-order chi connectivity index (χ0) is 19.9. The van der Waals surface area contributed by atoms with E-state index in [1.807, 2.05) is 11.8 Å². The quantitative estimate of drug-likeness (QED) is 0.353. The van der Waals surface area contributed by atoms with Crippen LogP contribution in [-0.4, -0.2) is 42.4 Å². The summed E-state index contributed by atoms with van der Waals surface area (Å²) in [5.74, 6) is 0.0876. The summed E-state index contributed by atoms with van der Waals surface area (Å²) in [6, 6.07) is 3.50. The van der Waals surface area contributed by atoms with Crippen molar-refractivity contribution in [1.29, 1.82) is 0 Å². The third kappa shape index (κ3) is 6.79. The fourth-order valence-corrected chi connectivity index (χ4v) is 4.03. The lowest BCUT2D eigenvalue weighted by molar-refractivity contribution is -0.135. The molecule has 1 heterocycles. The summed E-state index contributed by atoms with van der Waals surface area (Å²) in [6.07, 6.45) is 6.42. The van der Waals surface area contributed by atoms with E-state index in [4.69, 9.17) is 0 Å². The number of guanidine groups is 1. The summed E-state index contributed by atoms with van der Waals surface area (Å²) in [5, 5.41) is 6.48. The van der Waals surface area contributed by atoms with E-state index in [2.05, 4.69) is 15.6 Å². The van der Waals surface area contributed by atoms with Crippen LogP contribution in [0, 0.1) is 17.6 Å². The molecule has 0 spiro atoms. The smallest absolute Gasteiger partial charge is 0.225 e. The molecule has 29 heavy (non-hydrogen) atoms. The molecule has 1 atom stereocenters. The first-order valence-corrected chi connectivity index (χ1v) is 10.3. The van der Waals surface area contributed by atoms with Crippen LogP contribution in [0.25, 0.3) is 0 Å². The second-order valence-electron chi connectivity index (χ2n) is 7.68. The summed E-state index contributed by atoms with van der Waals surface area (Å²) in [4.78, 5) is 19.1. The molecule has 2 fully saturated rings. The molecule has 1 aromatic carbocycles. The highest BCUT2D eigenvalue weighted by Gasteiger charge is 2.31. The van der Waals surface area contributed by atoms with Crippen LogP contribution in [0.4, 0.5) is 8.78 Å². The monoisotopic (exact) mass is 520 g/mol. The molecular weight excluding hydrogens is 489 g/mol. The molecule has 5 nitrogen and oxygen atoms in total. The Balaban J connectivity index is 0.00000300. The SMILES string of the molecule is CCNC(=NCc1cc(F)ccc1F)NC1CCN(C(=O)C2CCCCC2)C1.I. The highest BCUT2D eigenvalue weighted by Crippen LogP contribution is 2.26. The van der Waals surface area contributed by atoms with Gasteiger partial charge in [-0.1, -0.05) is 19.3 Å². The Kier molecular flexibility index (Phi) is 9.58. The molecule has 162 valence electrons. The van der Waals surface area contributed by atoms with Crippen molar-refractivity contribution in [2.45, 2.75) is 58.0 Å². The average molecular weight is 520 g/mol. The molecule has 1 amide bonds. The van der Waals surface area contributed by atoms with Crippen molar-refractivity contribution in [3.8, 4) is 0 Å². The number of carbonyl (C=O) groups is 1. The number of aliphatic imine (C=N–C) groups is 1. The maximum absolute atomic E-state index is 13.8. The molecule has 1 saturated carbocycles. The van der Waals surface area contributed by atoms with Gasteiger partial charge in [0.05, 0.1) is 6.54 Å². The van der Waals surface area contributed by atoms with Crippen molar-refractivity contribution in [3.63, 3.8) is 0 Å². The van der Waals surface area contributed by atoms with E-state index in [1.165, 1.54) is 12.5 Å². The van der Waals surface area contributed by atoms with E-state index in [9.17, 15) is 13.6 Å². The molecule has 1 aliphatic carbocycles. The van der Waals surface area contributed by atoms with E-state index in [0.29, 0.717) is 19.0 Å². The number of amides is 1. The maximum atomic E-state index is 13.8. The second-order valence-corrected chi connectivity index (χ2v) is 7.68. The summed E-state index contributed by atoms with van der Waals surface area (Å²) >= 11 is 0. The number of likely N-dealkylation sites (tertiary alicyclic amines) is 1. The molecule has 0 radical (unpaired) electrons. The number of rotatable bonds is 5. The molecular formula is C21H31F2IN4O. The number of hydrogen-bond acceptors (Lipinski definition) is 2. The van der Waals surface area contributed by atoms with Crippen LogP contribution in [0.1, 0.15) is 51.0 Å². The van der Waals surface area contributed by atoms with Gasteiger partial charge in [0, 0.05) is 37.2 Å². The lowest BCUT2D eigenvalue weighted by Gasteiger charge is -2.26. The molecule has 1 saturated heterocycles. The fourth-order valence-electron chi connectivity index (χ4n) is 4.03. The molecule has 1 unspecified atom stereocenters. The van der Waals surface area contributed by atoms with Gasteiger partial charge in [-0.2, -0.15) is 0 Å². The van der Waals surface area contributed by atoms with Gasteiger partial charge in [0.2, 0.25) is 5.91 Å². The predicted molar refractivity (Wildman–Crippen MR) is 121 cm³/mol. The number of halogens is 3. The topological polar surface area (TPSA) is 56.7 Å². The van der Waals surface area contributed by atoms with Crippen molar-refractivity contribution in [1.82, 2.24) is 15.5 Å². The standard InChI is InChI=1S/C21H30F2N4O.HI/c1-2-24-21(25-13-16-12-17(22)8-9-19(16)23)26-18-10-11-27(14-18)20(28)15-6-4-3-5-7-15;/h8-9,12,15,18H,2-7,10-11,13-14H2,1H3,(H2,24,25,26);1H. The summed E-state index contributed by atoms with van der Waals surface area (Å²) in [6.45, 7) is 4.08. The number of nitrogens with zero attached hydrogens (tertiary/aromatic N) is 2. The van der Waals surface area contributed by atoms with E-state index < -0.39 is 11.6 Å². The summed E-state index contributed by atoms with van der Waals surface area (Å²) in [5.41, 5.74) is 0.220. The minimum atomic E-state index is -0.475. The van der Waals surface area contributed by atoms with Crippen LogP contribution >= 0.6 is 24.0 Å². The van der Waals surface area contributed by atoms with Crippen LogP contribution in [0.15, 0.2) is 23.2 Å². The van der Waals surface area contributed by atoms with Crippen molar-refractivity contribution in [3.05, 3.63) is 35.4 Å². The maximum Gasteiger partial charge on any atom is 0.225 e. The average Bonchev–Trinajstić information content (AvgIpc) is 3.17. The van der Waals surface area contributed by atoms with Crippen molar-refractivity contribution in [2.24, 2.45) is 10.9 Å². The Bertz CT molecular complexity index is 710. The second kappa shape index (κ2) is 11.7. The first kappa shape index (κ1) is 23.8. The first-order valence-electron chi connectivity index (χ1n) is 10.3. The van der Waals surface area contributed by atoms with Gasteiger partial charge in [0.15, 0.2) is 5.96 Å². The third-order valence-electron chi connectivity index (χ3n) is 5.55.